The van der Waals surface area contributed by atoms with Crippen LogP contribution in [-0.2, 0) is 0 Å². The number of hydrogen-bond donors (Lipinski definition) is 1. The summed E-state index contributed by atoms with van der Waals surface area (Å²) in [6.45, 7) is 6.56. The lowest BCUT2D eigenvalue weighted by atomic mass is 9.55. The quantitative estimate of drug-likeness (QED) is 0.716. The first-order chi connectivity index (χ1) is 7.37. The fourth-order valence-corrected chi connectivity index (χ4v) is 4.99. The standard InChI is InChI=1S/C15H26O/c1-13(2,16)11-6-8-14(3)7-4-5-12-10-15(12,14)9-11/h11-12,16H,4-10H2,1-3H3/t11?,12?,14-,15?/m1/s1. The average molecular weight is 222 g/mol. The molecule has 0 bridgehead atoms. The van der Waals surface area contributed by atoms with Gasteiger partial charge in [0.25, 0.3) is 0 Å². The fraction of sp³-hybridized carbons (Fsp3) is 1.00. The van der Waals surface area contributed by atoms with Crippen LogP contribution in [0.5, 0.6) is 0 Å². The molecule has 16 heavy (non-hydrogen) atoms. The van der Waals surface area contributed by atoms with Crippen LogP contribution in [0, 0.1) is 22.7 Å². The van der Waals surface area contributed by atoms with Crippen molar-refractivity contribution in [3.05, 3.63) is 0 Å². The van der Waals surface area contributed by atoms with Crippen LogP contribution in [0.2, 0.25) is 0 Å². The molecule has 0 aromatic rings. The van der Waals surface area contributed by atoms with Gasteiger partial charge in [-0.25, -0.2) is 0 Å². The van der Waals surface area contributed by atoms with Crippen molar-refractivity contribution in [2.24, 2.45) is 22.7 Å². The van der Waals surface area contributed by atoms with Gasteiger partial charge in [-0.15, -0.1) is 0 Å². The summed E-state index contributed by atoms with van der Waals surface area (Å²) >= 11 is 0. The highest BCUT2D eigenvalue weighted by molar-refractivity contribution is 5.17. The van der Waals surface area contributed by atoms with Crippen LogP contribution in [0.4, 0.5) is 0 Å². The van der Waals surface area contributed by atoms with Gasteiger partial charge in [-0.2, -0.15) is 0 Å². The van der Waals surface area contributed by atoms with Crippen LogP contribution in [0.3, 0.4) is 0 Å². The molecule has 92 valence electrons. The molecule has 0 radical (unpaired) electrons. The Hall–Kier alpha value is -0.0400. The first-order valence-electron chi connectivity index (χ1n) is 7.10. The van der Waals surface area contributed by atoms with E-state index in [9.17, 15) is 5.11 Å². The molecule has 3 aliphatic carbocycles. The molecular weight excluding hydrogens is 196 g/mol. The summed E-state index contributed by atoms with van der Waals surface area (Å²) in [6.07, 6.45) is 9.74. The Morgan fingerprint density at radius 1 is 1.12 bits per heavy atom. The van der Waals surface area contributed by atoms with E-state index < -0.39 is 5.60 Å². The van der Waals surface area contributed by atoms with Crippen LogP contribution in [0.15, 0.2) is 0 Å². The second kappa shape index (κ2) is 3.04. The number of rotatable bonds is 1. The summed E-state index contributed by atoms with van der Waals surface area (Å²) in [4.78, 5) is 0. The van der Waals surface area contributed by atoms with E-state index in [-0.39, 0.29) is 0 Å². The van der Waals surface area contributed by atoms with E-state index in [0.29, 0.717) is 16.7 Å². The second-order valence-corrected chi connectivity index (χ2v) is 7.60. The summed E-state index contributed by atoms with van der Waals surface area (Å²) in [5.74, 6) is 1.56. The Bertz CT molecular complexity index is 303. The van der Waals surface area contributed by atoms with Crippen molar-refractivity contribution in [3.63, 3.8) is 0 Å². The summed E-state index contributed by atoms with van der Waals surface area (Å²) in [5, 5.41) is 10.2. The zero-order valence-corrected chi connectivity index (χ0v) is 11.1. The van der Waals surface area contributed by atoms with Gasteiger partial charge in [-0.05, 0) is 75.0 Å². The van der Waals surface area contributed by atoms with Gasteiger partial charge >= 0.3 is 0 Å². The predicted molar refractivity (Wildman–Crippen MR) is 66.1 cm³/mol. The molecule has 3 aliphatic rings. The Morgan fingerprint density at radius 3 is 2.56 bits per heavy atom. The van der Waals surface area contributed by atoms with Crippen molar-refractivity contribution in [2.45, 2.75) is 71.3 Å². The molecule has 0 heterocycles. The fourth-order valence-electron chi connectivity index (χ4n) is 4.99. The molecule has 0 amide bonds. The summed E-state index contributed by atoms with van der Waals surface area (Å²) < 4.78 is 0. The van der Waals surface area contributed by atoms with Gasteiger partial charge in [-0.3, -0.25) is 0 Å². The highest BCUT2D eigenvalue weighted by Crippen LogP contribution is 2.75. The number of hydrogen-bond acceptors (Lipinski definition) is 1. The van der Waals surface area contributed by atoms with E-state index in [0.717, 1.165) is 5.92 Å². The number of aliphatic hydroxyl groups is 1. The van der Waals surface area contributed by atoms with Crippen LogP contribution in [0.25, 0.3) is 0 Å². The van der Waals surface area contributed by atoms with Crippen molar-refractivity contribution < 1.29 is 5.11 Å². The average Bonchev–Trinajstić information content (AvgIpc) is 2.87. The Balaban J connectivity index is 1.84. The lowest BCUT2D eigenvalue weighted by molar-refractivity contribution is -0.0650. The third-order valence-corrected chi connectivity index (χ3v) is 6.37. The maximum absolute atomic E-state index is 10.2. The molecular formula is C15H26O. The predicted octanol–water partition coefficient (Wildman–Crippen LogP) is 3.75. The molecule has 0 aromatic carbocycles. The van der Waals surface area contributed by atoms with Gasteiger partial charge in [0.1, 0.15) is 0 Å². The highest BCUT2D eigenvalue weighted by atomic mass is 16.3. The molecule has 1 nitrogen and oxygen atoms in total. The second-order valence-electron chi connectivity index (χ2n) is 7.60. The highest BCUT2D eigenvalue weighted by Gasteiger charge is 2.67. The minimum Gasteiger partial charge on any atom is -0.390 e. The van der Waals surface area contributed by atoms with Crippen LogP contribution >= 0.6 is 0 Å². The molecule has 0 aliphatic heterocycles. The maximum Gasteiger partial charge on any atom is 0.0620 e. The van der Waals surface area contributed by atoms with E-state index in [2.05, 4.69) is 6.92 Å². The van der Waals surface area contributed by atoms with E-state index in [4.69, 9.17) is 0 Å². The summed E-state index contributed by atoms with van der Waals surface area (Å²) in [5.41, 5.74) is 0.812. The minimum atomic E-state index is -0.458. The van der Waals surface area contributed by atoms with Crippen molar-refractivity contribution in [1.29, 1.82) is 0 Å². The molecule has 3 rings (SSSR count). The Labute approximate surface area is 99.6 Å². The third kappa shape index (κ3) is 1.33. The molecule has 4 atom stereocenters. The molecule has 0 saturated heterocycles. The van der Waals surface area contributed by atoms with E-state index in [1.54, 1.807) is 0 Å². The molecule has 1 spiro atoms. The van der Waals surface area contributed by atoms with Crippen molar-refractivity contribution >= 4 is 0 Å². The van der Waals surface area contributed by atoms with Gasteiger partial charge in [-0.1, -0.05) is 13.3 Å². The lowest BCUT2D eigenvalue weighted by Gasteiger charge is -2.51. The first-order valence-corrected chi connectivity index (χ1v) is 7.10. The largest absolute Gasteiger partial charge is 0.390 e. The zero-order chi connectivity index (χ0) is 11.6. The van der Waals surface area contributed by atoms with Crippen LogP contribution in [0.1, 0.15) is 65.7 Å². The van der Waals surface area contributed by atoms with Gasteiger partial charge in [0.2, 0.25) is 0 Å². The Morgan fingerprint density at radius 2 is 1.88 bits per heavy atom. The minimum absolute atomic E-state index is 0.458. The smallest absolute Gasteiger partial charge is 0.0620 e. The van der Waals surface area contributed by atoms with E-state index in [1.807, 2.05) is 13.8 Å². The molecule has 1 heteroatoms. The van der Waals surface area contributed by atoms with E-state index >= 15 is 0 Å². The first kappa shape index (κ1) is 11.1. The summed E-state index contributed by atoms with van der Waals surface area (Å²) in [7, 11) is 0. The van der Waals surface area contributed by atoms with Crippen LogP contribution < -0.4 is 0 Å². The topological polar surface area (TPSA) is 20.2 Å². The normalized spacial score (nSPS) is 51.8. The maximum atomic E-state index is 10.2. The molecule has 3 saturated carbocycles. The third-order valence-electron chi connectivity index (χ3n) is 6.37. The molecule has 3 fully saturated rings. The van der Waals surface area contributed by atoms with Gasteiger partial charge < -0.3 is 5.11 Å². The molecule has 1 N–H and O–H groups in total. The summed E-state index contributed by atoms with van der Waals surface area (Å²) in [6, 6.07) is 0. The van der Waals surface area contributed by atoms with Gasteiger partial charge in [0, 0.05) is 0 Å². The van der Waals surface area contributed by atoms with Crippen molar-refractivity contribution in [1.82, 2.24) is 0 Å². The Kier molecular flexibility index (Phi) is 2.11. The van der Waals surface area contributed by atoms with Crippen LogP contribution in [-0.4, -0.2) is 10.7 Å². The SMILES string of the molecule is CC(C)(O)C1CC[C@@]2(C)CCCC3CC32C1. The van der Waals surface area contributed by atoms with Crippen molar-refractivity contribution in [3.8, 4) is 0 Å². The molecule has 3 unspecified atom stereocenters. The van der Waals surface area contributed by atoms with Gasteiger partial charge in [0.05, 0.1) is 5.60 Å². The lowest BCUT2D eigenvalue weighted by Crippen LogP contribution is -2.45. The van der Waals surface area contributed by atoms with Gasteiger partial charge in [0.15, 0.2) is 0 Å². The van der Waals surface area contributed by atoms with Crippen molar-refractivity contribution in [2.75, 3.05) is 0 Å². The van der Waals surface area contributed by atoms with E-state index in [1.165, 1.54) is 44.9 Å². The zero-order valence-electron chi connectivity index (χ0n) is 11.1. The monoisotopic (exact) mass is 222 g/mol. The molecule has 0 aromatic heterocycles.